The van der Waals surface area contributed by atoms with E-state index in [4.69, 9.17) is 4.52 Å². The number of likely N-dealkylation sites (N-methyl/N-ethyl adjacent to an activating group) is 1. The van der Waals surface area contributed by atoms with Gasteiger partial charge in [-0.25, -0.2) is 0 Å². The number of hydrogen-bond acceptors (Lipinski definition) is 6. The molecule has 0 unspecified atom stereocenters. The monoisotopic (exact) mass is 440 g/mol. The third kappa shape index (κ3) is 4.75. The van der Waals surface area contributed by atoms with Gasteiger partial charge in [-0.1, -0.05) is 35.5 Å². The Balaban J connectivity index is 1.54. The number of aliphatic hydroxyl groups excluding tert-OH is 1. The highest BCUT2D eigenvalue weighted by atomic mass is 16.5. The first kappa shape index (κ1) is 23.0. The summed E-state index contributed by atoms with van der Waals surface area (Å²) in [5, 5.41) is 18.2. The highest BCUT2D eigenvalue weighted by Gasteiger charge is 2.40. The number of aromatic nitrogens is 1. The van der Waals surface area contributed by atoms with Crippen LogP contribution in [-0.4, -0.2) is 77.9 Å². The van der Waals surface area contributed by atoms with Crippen molar-refractivity contribution in [2.24, 2.45) is 0 Å². The van der Waals surface area contributed by atoms with Gasteiger partial charge in [-0.2, -0.15) is 0 Å². The van der Waals surface area contributed by atoms with E-state index < -0.39 is 0 Å². The van der Waals surface area contributed by atoms with E-state index >= 15 is 0 Å². The van der Waals surface area contributed by atoms with Crippen LogP contribution in [-0.2, 0) is 5.41 Å². The fourth-order valence-corrected chi connectivity index (χ4v) is 5.44. The van der Waals surface area contributed by atoms with Crippen LogP contribution < -0.4 is 5.32 Å². The zero-order chi connectivity index (χ0) is 22.7. The van der Waals surface area contributed by atoms with Gasteiger partial charge in [-0.3, -0.25) is 9.69 Å². The van der Waals surface area contributed by atoms with Crippen LogP contribution in [0.1, 0.15) is 53.1 Å². The average molecular weight is 441 g/mol. The molecule has 7 nitrogen and oxygen atoms in total. The minimum absolute atomic E-state index is 0.142. The molecule has 2 aliphatic rings. The summed E-state index contributed by atoms with van der Waals surface area (Å²) in [5.41, 5.74) is 2.15. The van der Waals surface area contributed by atoms with Crippen molar-refractivity contribution in [1.29, 1.82) is 0 Å². The van der Waals surface area contributed by atoms with Crippen LogP contribution in [0, 0.1) is 13.8 Å². The second-order valence-electron chi connectivity index (χ2n) is 9.58. The number of aliphatic hydroxyl groups is 1. The molecule has 0 radical (unpaired) electrons. The lowest BCUT2D eigenvalue weighted by molar-refractivity contribution is 0.0200. The number of carbonyl (C=O) groups is 1. The van der Waals surface area contributed by atoms with Crippen LogP contribution in [0.4, 0.5) is 0 Å². The standard InChI is InChI=1S/C25H36N4O3/c1-18-23(19(2)32-27-18)24(31)26-17-25(20-7-5-4-6-8-20)11-9-21(22(30)10-12-25)29-15-13-28(3)14-16-29/h4-8,21-22,30H,9-17H2,1-3H3,(H,26,31)/t21-,22-,25-/m0/s1. The highest BCUT2D eigenvalue weighted by Crippen LogP contribution is 2.39. The van der Waals surface area contributed by atoms with Gasteiger partial charge in [0.05, 0.1) is 11.8 Å². The van der Waals surface area contributed by atoms with Crippen molar-refractivity contribution in [3.63, 3.8) is 0 Å². The van der Waals surface area contributed by atoms with Crippen LogP contribution in [0.5, 0.6) is 0 Å². The fourth-order valence-electron chi connectivity index (χ4n) is 5.44. The number of benzene rings is 1. The van der Waals surface area contributed by atoms with Crippen molar-refractivity contribution in [1.82, 2.24) is 20.3 Å². The number of piperazine rings is 1. The van der Waals surface area contributed by atoms with E-state index in [0.717, 1.165) is 51.9 Å². The molecule has 1 saturated heterocycles. The summed E-state index contributed by atoms with van der Waals surface area (Å²) in [4.78, 5) is 17.8. The van der Waals surface area contributed by atoms with Crippen molar-refractivity contribution in [3.05, 3.63) is 52.9 Å². The second kappa shape index (κ2) is 9.73. The van der Waals surface area contributed by atoms with Crippen LogP contribution in [0.3, 0.4) is 0 Å². The van der Waals surface area contributed by atoms with Gasteiger partial charge in [0.1, 0.15) is 11.3 Å². The molecule has 2 aromatic rings. The number of nitrogens with one attached hydrogen (secondary N) is 1. The average Bonchev–Trinajstić information content (AvgIpc) is 3.04. The van der Waals surface area contributed by atoms with E-state index in [1.807, 2.05) is 6.07 Å². The van der Waals surface area contributed by atoms with Crippen molar-refractivity contribution >= 4 is 5.91 Å². The maximum atomic E-state index is 13.0. The summed E-state index contributed by atoms with van der Waals surface area (Å²) < 4.78 is 5.19. The molecule has 1 aromatic heterocycles. The van der Waals surface area contributed by atoms with E-state index in [1.165, 1.54) is 5.56 Å². The number of rotatable bonds is 5. The van der Waals surface area contributed by atoms with E-state index in [2.05, 4.69) is 51.6 Å². The highest BCUT2D eigenvalue weighted by molar-refractivity contribution is 5.96. The van der Waals surface area contributed by atoms with Crippen molar-refractivity contribution < 1.29 is 14.4 Å². The van der Waals surface area contributed by atoms with E-state index in [1.54, 1.807) is 13.8 Å². The lowest BCUT2D eigenvalue weighted by Gasteiger charge is -2.39. The molecule has 1 aromatic carbocycles. The minimum Gasteiger partial charge on any atom is -0.391 e. The van der Waals surface area contributed by atoms with Crippen molar-refractivity contribution in [2.45, 2.75) is 57.1 Å². The zero-order valence-corrected chi connectivity index (χ0v) is 19.5. The number of hydrogen-bond donors (Lipinski definition) is 2. The Bertz CT molecular complexity index is 888. The van der Waals surface area contributed by atoms with Gasteiger partial charge in [0, 0.05) is 44.2 Å². The Labute approximate surface area is 190 Å². The van der Waals surface area contributed by atoms with E-state index in [9.17, 15) is 9.90 Å². The SMILES string of the molecule is Cc1noc(C)c1C(=O)NC[C@@]1(c2ccccc2)CC[C@H](O)[C@@H](N2CCN(C)CC2)CC1. The van der Waals surface area contributed by atoms with Gasteiger partial charge in [0.2, 0.25) is 0 Å². The molecular weight excluding hydrogens is 404 g/mol. The first-order valence-corrected chi connectivity index (χ1v) is 11.8. The van der Waals surface area contributed by atoms with E-state index in [0.29, 0.717) is 23.6 Å². The van der Waals surface area contributed by atoms with Crippen LogP contribution in [0.15, 0.2) is 34.9 Å². The third-order valence-electron chi connectivity index (χ3n) is 7.52. The molecule has 0 bridgehead atoms. The Morgan fingerprint density at radius 2 is 1.84 bits per heavy atom. The molecule has 4 rings (SSSR count). The summed E-state index contributed by atoms with van der Waals surface area (Å²) in [6, 6.07) is 10.6. The van der Waals surface area contributed by atoms with Crippen molar-refractivity contribution in [3.8, 4) is 0 Å². The first-order valence-electron chi connectivity index (χ1n) is 11.8. The van der Waals surface area contributed by atoms with E-state index in [-0.39, 0.29) is 23.5 Å². The Morgan fingerprint density at radius 3 is 2.50 bits per heavy atom. The predicted octanol–water partition coefficient (Wildman–Crippen LogP) is 2.51. The molecule has 32 heavy (non-hydrogen) atoms. The molecular formula is C25H36N4O3. The van der Waals surface area contributed by atoms with Crippen LogP contribution >= 0.6 is 0 Å². The quantitative estimate of drug-likeness (QED) is 0.696. The molecule has 174 valence electrons. The van der Waals surface area contributed by atoms with Gasteiger partial charge >= 0.3 is 0 Å². The number of carbonyl (C=O) groups excluding carboxylic acids is 1. The summed E-state index contributed by atoms with van der Waals surface area (Å²) in [6.07, 6.45) is 3.06. The molecule has 2 fully saturated rings. The number of amides is 1. The Morgan fingerprint density at radius 1 is 1.16 bits per heavy atom. The molecule has 1 aliphatic carbocycles. The van der Waals surface area contributed by atoms with Gasteiger partial charge in [-0.05, 0) is 52.1 Å². The normalized spacial score (nSPS) is 27.8. The predicted molar refractivity (Wildman–Crippen MR) is 124 cm³/mol. The molecule has 0 spiro atoms. The number of aryl methyl sites for hydroxylation is 2. The molecule has 2 N–H and O–H groups in total. The Hall–Kier alpha value is -2.22. The van der Waals surface area contributed by atoms with Gasteiger partial charge < -0.3 is 19.8 Å². The fraction of sp³-hybridized carbons (Fsp3) is 0.600. The molecule has 2 heterocycles. The molecule has 1 amide bonds. The largest absolute Gasteiger partial charge is 0.391 e. The molecule has 3 atom stereocenters. The smallest absolute Gasteiger partial charge is 0.256 e. The molecule has 1 saturated carbocycles. The maximum absolute atomic E-state index is 13.0. The zero-order valence-electron chi connectivity index (χ0n) is 19.5. The summed E-state index contributed by atoms with van der Waals surface area (Å²) in [6.45, 7) is 8.17. The van der Waals surface area contributed by atoms with Gasteiger partial charge in [0.15, 0.2) is 0 Å². The van der Waals surface area contributed by atoms with Gasteiger partial charge in [0.25, 0.3) is 5.91 Å². The maximum Gasteiger partial charge on any atom is 0.256 e. The second-order valence-corrected chi connectivity index (χ2v) is 9.58. The van der Waals surface area contributed by atoms with Gasteiger partial charge in [-0.15, -0.1) is 0 Å². The molecule has 7 heteroatoms. The lowest BCUT2D eigenvalue weighted by Crippen LogP contribution is -2.52. The molecule has 1 aliphatic heterocycles. The first-order chi connectivity index (χ1) is 15.4. The summed E-state index contributed by atoms with van der Waals surface area (Å²) in [5.74, 6) is 0.400. The minimum atomic E-state index is -0.345. The van der Waals surface area contributed by atoms with Crippen LogP contribution in [0.25, 0.3) is 0 Å². The topological polar surface area (TPSA) is 81.8 Å². The third-order valence-corrected chi connectivity index (χ3v) is 7.52. The lowest BCUT2D eigenvalue weighted by atomic mass is 9.74. The summed E-state index contributed by atoms with van der Waals surface area (Å²) >= 11 is 0. The van der Waals surface area contributed by atoms with Crippen LogP contribution in [0.2, 0.25) is 0 Å². The Kier molecular flexibility index (Phi) is 6.98. The number of nitrogens with zero attached hydrogens (tertiary/aromatic N) is 3. The summed E-state index contributed by atoms with van der Waals surface area (Å²) in [7, 11) is 2.16. The van der Waals surface area contributed by atoms with Crippen molar-refractivity contribution in [2.75, 3.05) is 39.8 Å².